The molecule has 0 aliphatic carbocycles. The zero-order chi connectivity index (χ0) is 29.2. The van der Waals surface area contributed by atoms with Gasteiger partial charge in [0.2, 0.25) is 5.88 Å². The number of rotatable bonds is 6. The molecule has 0 radical (unpaired) electrons. The highest BCUT2D eigenvalue weighted by Gasteiger charge is 2.30. The van der Waals surface area contributed by atoms with Crippen LogP contribution in [0.2, 0.25) is 0 Å². The molecule has 4 aromatic carbocycles. The van der Waals surface area contributed by atoms with Crippen LogP contribution in [0.5, 0.6) is 23.1 Å². The summed E-state index contributed by atoms with van der Waals surface area (Å²) in [4.78, 5) is 16.3. The van der Waals surface area contributed by atoms with E-state index in [1.54, 1.807) is 0 Å². The summed E-state index contributed by atoms with van der Waals surface area (Å²) >= 11 is 0. The Hall–Kier alpha value is -5.25. The van der Waals surface area contributed by atoms with Gasteiger partial charge in [-0.05, 0) is 66.7 Å². The van der Waals surface area contributed by atoms with Crippen LogP contribution in [0.1, 0.15) is 15.9 Å². The van der Waals surface area contributed by atoms with Gasteiger partial charge in [0.25, 0.3) is 5.91 Å². The van der Waals surface area contributed by atoms with Crippen LogP contribution in [0.25, 0.3) is 0 Å². The van der Waals surface area contributed by atoms with Crippen LogP contribution in [-0.2, 0) is 6.18 Å². The molecule has 0 aliphatic rings. The number of nitrogens with one attached hydrogen (secondary N) is 1. The number of pyridine rings is 1. The first-order valence-electron chi connectivity index (χ1n) is 12.0. The fraction of sp³-hybridized carbons (Fsp3) is 0.0323. The Morgan fingerprint density at radius 3 is 1.93 bits per heavy atom. The molecule has 0 saturated carbocycles. The van der Waals surface area contributed by atoms with Gasteiger partial charge >= 0.3 is 6.18 Å². The molecule has 5 rings (SSSR count). The Balaban J connectivity index is 0.000000247. The first kappa shape index (κ1) is 28.8. The average Bonchev–Trinajstić information content (AvgIpc) is 2.96. The van der Waals surface area contributed by atoms with Crippen LogP contribution in [0.4, 0.5) is 27.6 Å². The van der Waals surface area contributed by atoms with Gasteiger partial charge in [-0.2, -0.15) is 13.2 Å². The minimum Gasteiger partial charge on any atom is -0.457 e. The van der Waals surface area contributed by atoms with Crippen molar-refractivity contribution in [2.75, 3.05) is 5.32 Å². The molecular weight excluding hydrogens is 543 g/mol. The van der Waals surface area contributed by atoms with Gasteiger partial charge in [-0.25, -0.2) is 13.8 Å². The molecule has 208 valence electrons. The lowest BCUT2D eigenvalue weighted by Gasteiger charge is -2.12. The van der Waals surface area contributed by atoms with Gasteiger partial charge in [-0.3, -0.25) is 4.79 Å². The number of benzene rings is 4. The number of carbonyl (C=O) groups is 1. The van der Waals surface area contributed by atoms with E-state index in [0.29, 0.717) is 6.07 Å². The second-order valence-corrected chi connectivity index (χ2v) is 8.29. The van der Waals surface area contributed by atoms with Gasteiger partial charge in [0.05, 0.1) is 11.3 Å². The average molecular weight is 565 g/mol. The zero-order valence-electron chi connectivity index (χ0n) is 21.1. The van der Waals surface area contributed by atoms with Gasteiger partial charge in [0.15, 0.2) is 0 Å². The second-order valence-electron chi connectivity index (χ2n) is 8.29. The predicted octanol–water partition coefficient (Wildman–Crippen LogP) is 8.90. The molecular formula is C31H21F5N2O3. The Morgan fingerprint density at radius 2 is 1.32 bits per heavy atom. The largest absolute Gasteiger partial charge is 0.457 e. The minimum atomic E-state index is -4.57. The summed E-state index contributed by atoms with van der Waals surface area (Å²) in [7, 11) is 0. The Morgan fingerprint density at radius 1 is 0.683 bits per heavy atom. The normalized spacial score (nSPS) is 10.7. The number of ether oxygens (including phenoxy) is 2. The second kappa shape index (κ2) is 13.2. The van der Waals surface area contributed by atoms with E-state index >= 15 is 0 Å². The highest BCUT2D eigenvalue weighted by molar-refractivity contribution is 6.05. The van der Waals surface area contributed by atoms with Gasteiger partial charge in [-0.1, -0.05) is 42.5 Å². The van der Waals surface area contributed by atoms with E-state index in [-0.39, 0.29) is 22.9 Å². The number of carbonyl (C=O) groups excluding carboxylic acids is 1. The number of hydrogen-bond donors (Lipinski definition) is 1. The predicted molar refractivity (Wildman–Crippen MR) is 143 cm³/mol. The van der Waals surface area contributed by atoms with E-state index in [9.17, 15) is 26.7 Å². The molecule has 0 fully saturated rings. The van der Waals surface area contributed by atoms with Crippen LogP contribution in [0, 0.1) is 11.6 Å². The smallest absolute Gasteiger partial charge is 0.416 e. The molecule has 0 unspecified atom stereocenters. The molecule has 1 N–H and O–H groups in total. The minimum absolute atomic E-state index is 0.149. The maximum absolute atomic E-state index is 13.7. The lowest BCUT2D eigenvalue weighted by Crippen LogP contribution is -2.14. The summed E-state index contributed by atoms with van der Waals surface area (Å²) in [6.45, 7) is 0. The third-order valence-corrected chi connectivity index (χ3v) is 5.29. The van der Waals surface area contributed by atoms with Crippen LogP contribution in [-0.4, -0.2) is 10.9 Å². The van der Waals surface area contributed by atoms with Crippen molar-refractivity contribution >= 4 is 11.6 Å². The van der Waals surface area contributed by atoms with E-state index in [4.69, 9.17) is 9.47 Å². The maximum atomic E-state index is 13.7. The van der Waals surface area contributed by atoms with E-state index < -0.39 is 29.3 Å². The summed E-state index contributed by atoms with van der Waals surface area (Å²) in [5.41, 5.74) is -1.36. The number of anilines is 1. The van der Waals surface area contributed by atoms with E-state index in [1.165, 1.54) is 24.4 Å². The molecule has 41 heavy (non-hydrogen) atoms. The topological polar surface area (TPSA) is 60.5 Å². The number of amides is 1. The van der Waals surface area contributed by atoms with Crippen molar-refractivity contribution < 1.29 is 36.2 Å². The Kier molecular flexibility index (Phi) is 9.26. The molecule has 10 heteroatoms. The first-order valence-corrected chi connectivity index (χ1v) is 12.0. The molecule has 0 bridgehead atoms. The third kappa shape index (κ3) is 8.37. The van der Waals surface area contributed by atoms with Gasteiger partial charge in [0, 0.05) is 12.3 Å². The lowest BCUT2D eigenvalue weighted by atomic mass is 10.2. The molecule has 0 atom stereocenters. The molecule has 0 aliphatic heterocycles. The van der Waals surface area contributed by atoms with Gasteiger partial charge in [0.1, 0.15) is 34.4 Å². The number of aromatic nitrogens is 1. The lowest BCUT2D eigenvalue weighted by molar-refractivity contribution is -0.137. The van der Waals surface area contributed by atoms with Crippen molar-refractivity contribution in [3.63, 3.8) is 0 Å². The number of hydrogen-bond acceptors (Lipinski definition) is 4. The molecule has 5 nitrogen and oxygen atoms in total. The molecule has 1 amide bonds. The van der Waals surface area contributed by atoms with Gasteiger partial charge < -0.3 is 14.8 Å². The maximum Gasteiger partial charge on any atom is 0.416 e. The number of para-hydroxylation sites is 2. The summed E-state index contributed by atoms with van der Waals surface area (Å²) in [6, 6.07) is 28.9. The van der Waals surface area contributed by atoms with Crippen molar-refractivity contribution in [2.45, 2.75) is 6.18 Å². The first-order chi connectivity index (χ1) is 19.7. The Labute approximate surface area is 231 Å². The van der Waals surface area contributed by atoms with E-state index in [1.807, 2.05) is 60.7 Å². The van der Waals surface area contributed by atoms with Crippen molar-refractivity contribution in [1.29, 1.82) is 0 Å². The fourth-order valence-corrected chi connectivity index (χ4v) is 3.39. The number of nitrogens with zero attached hydrogens (tertiary/aromatic N) is 1. The van der Waals surface area contributed by atoms with Crippen LogP contribution < -0.4 is 14.8 Å². The Bertz CT molecular complexity index is 1560. The number of halogens is 5. The molecule has 1 aromatic heterocycles. The fourth-order valence-electron chi connectivity index (χ4n) is 3.39. The van der Waals surface area contributed by atoms with Crippen molar-refractivity contribution in [1.82, 2.24) is 4.98 Å². The summed E-state index contributed by atoms with van der Waals surface area (Å²) in [5, 5.41) is 2.23. The van der Waals surface area contributed by atoms with Crippen LogP contribution in [0.3, 0.4) is 0 Å². The number of alkyl halides is 3. The molecule has 0 saturated heterocycles. The summed E-state index contributed by atoms with van der Waals surface area (Å²) in [5.74, 6) is -1.36. The third-order valence-electron chi connectivity index (χ3n) is 5.29. The standard InChI is InChI=1S/C19H11F5N2O2.C12H10O/c20-12-6-7-16(15(21)10-12)26-17(27)14-5-2-8-25-18(14)28-13-4-1-3-11(9-13)19(22,23)24;1-3-7-11(8-4-1)13-12-9-5-2-6-10-12/h1-10H,(H,26,27);1-10H. The van der Waals surface area contributed by atoms with Crippen molar-refractivity contribution in [2.24, 2.45) is 0 Å². The highest BCUT2D eigenvalue weighted by Crippen LogP contribution is 2.33. The molecule has 5 aromatic rings. The molecule has 1 heterocycles. The van der Waals surface area contributed by atoms with E-state index in [2.05, 4.69) is 10.3 Å². The van der Waals surface area contributed by atoms with Crippen molar-refractivity contribution in [3.8, 4) is 23.1 Å². The van der Waals surface area contributed by atoms with Crippen molar-refractivity contribution in [3.05, 3.63) is 144 Å². The summed E-state index contributed by atoms with van der Waals surface area (Å²) in [6.07, 6.45) is -3.29. The SMILES string of the molecule is O=C(Nc1ccc(F)cc1F)c1cccnc1Oc1cccc(C(F)(F)F)c1.c1ccc(Oc2ccccc2)cc1. The quantitative estimate of drug-likeness (QED) is 0.209. The van der Waals surface area contributed by atoms with E-state index in [0.717, 1.165) is 41.8 Å². The van der Waals surface area contributed by atoms with Crippen LogP contribution in [0.15, 0.2) is 121 Å². The van der Waals surface area contributed by atoms with Crippen LogP contribution >= 0.6 is 0 Å². The summed E-state index contributed by atoms with van der Waals surface area (Å²) < 4.78 is 76.1. The van der Waals surface area contributed by atoms with Gasteiger partial charge in [-0.15, -0.1) is 0 Å². The highest BCUT2D eigenvalue weighted by atomic mass is 19.4. The zero-order valence-corrected chi connectivity index (χ0v) is 21.1. The molecule has 0 spiro atoms. The monoisotopic (exact) mass is 564 g/mol.